The third-order valence-electron chi connectivity index (χ3n) is 6.09. The number of carbonyl (C=O) groups excluding carboxylic acids is 2. The Bertz CT molecular complexity index is 681. The first-order valence-corrected chi connectivity index (χ1v) is 10.7. The summed E-state index contributed by atoms with van der Waals surface area (Å²) < 4.78 is 0. The Morgan fingerprint density at radius 1 is 1.23 bits per heavy atom. The maximum absolute atomic E-state index is 12.7. The van der Waals surface area contributed by atoms with Crippen molar-refractivity contribution in [2.24, 2.45) is 11.3 Å². The van der Waals surface area contributed by atoms with E-state index in [1.807, 2.05) is 11.2 Å². The van der Waals surface area contributed by atoms with Gasteiger partial charge in [0, 0.05) is 45.0 Å². The Morgan fingerprint density at radius 3 is 2.54 bits per heavy atom. The molecule has 7 heteroatoms. The molecule has 1 aromatic heterocycles. The second-order valence-electron chi connectivity index (χ2n) is 7.97. The molecule has 0 bridgehead atoms. The quantitative estimate of drug-likeness (QED) is 0.598. The second kappa shape index (κ2) is 7.18. The number of hydrogen-bond donors (Lipinski definition) is 0. The smallest absolute Gasteiger partial charge is 0.256 e. The van der Waals surface area contributed by atoms with Crippen molar-refractivity contribution in [3.8, 4) is 0 Å². The minimum atomic E-state index is 0.0224. The highest BCUT2D eigenvalue weighted by Crippen LogP contribution is 2.42. The van der Waals surface area contributed by atoms with E-state index in [0.717, 1.165) is 51.4 Å². The number of hydrogen-bond acceptors (Lipinski definition) is 5. The highest BCUT2D eigenvalue weighted by atomic mass is 32.2. The van der Waals surface area contributed by atoms with E-state index in [-0.39, 0.29) is 11.3 Å². The average molecular weight is 375 g/mol. The summed E-state index contributed by atoms with van der Waals surface area (Å²) in [5.41, 5.74) is 0.770. The Morgan fingerprint density at radius 2 is 1.92 bits per heavy atom. The van der Waals surface area contributed by atoms with E-state index in [0.29, 0.717) is 23.0 Å². The van der Waals surface area contributed by atoms with Gasteiger partial charge in [-0.1, -0.05) is 11.8 Å². The maximum atomic E-state index is 12.7. The van der Waals surface area contributed by atoms with Crippen LogP contribution in [0.2, 0.25) is 0 Å². The lowest BCUT2D eigenvalue weighted by Gasteiger charge is -2.47. The van der Waals surface area contributed by atoms with Gasteiger partial charge in [0.15, 0.2) is 5.16 Å². The zero-order valence-electron chi connectivity index (χ0n) is 15.3. The molecule has 0 atom stereocenters. The lowest BCUT2D eigenvalue weighted by Crippen LogP contribution is -2.52. The summed E-state index contributed by atoms with van der Waals surface area (Å²) in [4.78, 5) is 37.4. The Balaban J connectivity index is 1.36. The van der Waals surface area contributed by atoms with Crippen molar-refractivity contribution < 1.29 is 9.59 Å². The van der Waals surface area contributed by atoms with Gasteiger partial charge >= 0.3 is 0 Å². The maximum Gasteiger partial charge on any atom is 0.256 e. The van der Waals surface area contributed by atoms with E-state index in [4.69, 9.17) is 0 Å². The van der Waals surface area contributed by atoms with Gasteiger partial charge in [-0.3, -0.25) is 9.59 Å². The first kappa shape index (κ1) is 17.8. The van der Waals surface area contributed by atoms with Crippen LogP contribution in [0, 0.1) is 11.3 Å². The SMILES string of the molecule is CSc1ncc(C(=O)N2CCC3(CCC(=O)N(CC4CC4)C3)CC2)cn1. The van der Waals surface area contributed by atoms with E-state index in [1.54, 1.807) is 12.4 Å². The lowest BCUT2D eigenvalue weighted by atomic mass is 9.72. The molecular weight excluding hydrogens is 348 g/mol. The molecule has 4 rings (SSSR count). The van der Waals surface area contributed by atoms with Gasteiger partial charge in [-0.2, -0.15) is 0 Å². The van der Waals surface area contributed by atoms with Crippen LogP contribution in [0.5, 0.6) is 0 Å². The standard InChI is InChI=1S/C19H26N4O2S/c1-26-18-20-10-15(11-21-18)17(25)22-8-6-19(7-9-22)5-4-16(24)23(13-19)12-14-2-3-14/h10-11,14H,2-9,12-13H2,1H3. The van der Waals surface area contributed by atoms with E-state index in [2.05, 4.69) is 14.9 Å². The molecule has 6 nitrogen and oxygen atoms in total. The fraction of sp³-hybridized carbons (Fsp3) is 0.684. The molecule has 140 valence electrons. The van der Waals surface area contributed by atoms with Gasteiger partial charge < -0.3 is 9.80 Å². The van der Waals surface area contributed by atoms with Crippen LogP contribution in [-0.2, 0) is 4.79 Å². The lowest BCUT2D eigenvalue weighted by molar-refractivity contribution is -0.139. The van der Waals surface area contributed by atoms with Crippen LogP contribution in [0.1, 0.15) is 48.9 Å². The van der Waals surface area contributed by atoms with Crippen LogP contribution in [0.25, 0.3) is 0 Å². The summed E-state index contributed by atoms with van der Waals surface area (Å²) in [6.45, 7) is 3.35. The number of aromatic nitrogens is 2. The molecule has 2 amide bonds. The predicted octanol–water partition coefficient (Wildman–Crippen LogP) is 2.45. The summed E-state index contributed by atoms with van der Waals surface area (Å²) in [5.74, 6) is 1.08. The van der Waals surface area contributed by atoms with Crippen molar-refractivity contribution in [2.45, 2.75) is 43.7 Å². The Hall–Kier alpha value is -1.63. The molecule has 3 fully saturated rings. The van der Waals surface area contributed by atoms with Gasteiger partial charge in [-0.15, -0.1) is 0 Å². The third kappa shape index (κ3) is 3.72. The molecule has 1 saturated carbocycles. The molecule has 0 N–H and O–H groups in total. The number of carbonyl (C=O) groups is 2. The summed E-state index contributed by atoms with van der Waals surface area (Å²) in [6, 6.07) is 0. The number of nitrogens with zero attached hydrogens (tertiary/aromatic N) is 4. The highest BCUT2D eigenvalue weighted by molar-refractivity contribution is 7.98. The minimum Gasteiger partial charge on any atom is -0.342 e. The number of piperidine rings is 2. The molecule has 2 saturated heterocycles. The molecule has 0 unspecified atom stereocenters. The Kier molecular flexibility index (Phi) is 4.90. The minimum absolute atomic E-state index is 0.0224. The predicted molar refractivity (Wildman–Crippen MR) is 99.9 cm³/mol. The van der Waals surface area contributed by atoms with E-state index in [1.165, 1.54) is 24.6 Å². The van der Waals surface area contributed by atoms with Crippen LogP contribution in [0.4, 0.5) is 0 Å². The van der Waals surface area contributed by atoms with Crippen LogP contribution in [-0.4, -0.2) is 64.0 Å². The normalized spacial score (nSPS) is 22.7. The Labute approximate surface area is 158 Å². The highest BCUT2D eigenvalue weighted by Gasteiger charge is 2.42. The summed E-state index contributed by atoms with van der Waals surface area (Å²) >= 11 is 1.47. The average Bonchev–Trinajstić information content (AvgIpc) is 3.49. The van der Waals surface area contributed by atoms with Crippen LogP contribution >= 0.6 is 11.8 Å². The molecule has 26 heavy (non-hydrogen) atoms. The zero-order chi connectivity index (χ0) is 18.1. The molecule has 1 aliphatic carbocycles. The molecule has 0 radical (unpaired) electrons. The summed E-state index contributed by atoms with van der Waals surface area (Å²) in [5, 5.41) is 0.682. The first-order chi connectivity index (χ1) is 12.6. The fourth-order valence-electron chi connectivity index (χ4n) is 4.19. The van der Waals surface area contributed by atoms with Crippen molar-refractivity contribution in [3.05, 3.63) is 18.0 Å². The number of amides is 2. The first-order valence-electron chi connectivity index (χ1n) is 9.52. The zero-order valence-corrected chi connectivity index (χ0v) is 16.1. The summed E-state index contributed by atoms with van der Waals surface area (Å²) in [6.07, 6.45) is 11.3. The second-order valence-corrected chi connectivity index (χ2v) is 8.74. The van der Waals surface area contributed by atoms with Gasteiger partial charge in [0.05, 0.1) is 5.56 Å². The van der Waals surface area contributed by atoms with E-state index >= 15 is 0 Å². The van der Waals surface area contributed by atoms with Crippen LogP contribution < -0.4 is 0 Å². The van der Waals surface area contributed by atoms with E-state index in [9.17, 15) is 9.59 Å². The van der Waals surface area contributed by atoms with Crippen LogP contribution in [0.15, 0.2) is 17.6 Å². The molecule has 3 heterocycles. The number of rotatable bonds is 4. The molecule has 1 aromatic rings. The van der Waals surface area contributed by atoms with Crippen LogP contribution in [0.3, 0.4) is 0 Å². The molecule has 1 spiro atoms. The van der Waals surface area contributed by atoms with Crippen molar-refractivity contribution in [1.82, 2.24) is 19.8 Å². The monoisotopic (exact) mass is 374 g/mol. The van der Waals surface area contributed by atoms with Crippen molar-refractivity contribution in [2.75, 3.05) is 32.4 Å². The third-order valence-corrected chi connectivity index (χ3v) is 6.67. The molecule has 0 aromatic carbocycles. The van der Waals surface area contributed by atoms with Gasteiger partial charge in [-0.25, -0.2) is 9.97 Å². The van der Waals surface area contributed by atoms with E-state index < -0.39 is 0 Å². The molecule has 3 aliphatic rings. The van der Waals surface area contributed by atoms with Crippen molar-refractivity contribution in [3.63, 3.8) is 0 Å². The number of likely N-dealkylation sites (tertiary alicyclic amines) is 2. The van der Waals surface area contributed by atoms with Gasteiger partial charge in [-0.05, 0) is 49.7 Å². The molecule has 2 aliphatic heterocycles. The summed E-state index contributed by atoms with van der Waals surface area (Å²) in [7, 11) is 0. The van der Waals surface area contributed by atoms with Crippen molar-refractivity contribution >= 4 is 23.6 Å². The van der Waals surface area contributed by atoms with Gasteiger partial charge in [0.1, 0.15) is 0 Å². The van der Waals surface area contributed by atoms with Gasteiger partial charge in [0.2, 0.25) is 5.91 Å². The fourth-order valence-corrected chi connectivity index (χ4v) is 4.50. The topological polar surface area (TPSA) is 66.4 Å². The number of thioether (sulfide) groups is 1. The largest absolute Gasteiger partial charge is 0.342 e. The molecular formula is C19H26N4O2S. The van der Waals surface area contributed by atoms with Gasteiger partial charge in [0.25, 0.3) is 5.91 Å². The van der Waals surface area contributed by atoms with Crippen molar-refractivity contribution in [1.29, 1.82) is 0 Å².